The van der Waals surface area contributed by atoms with E-state index in [1.165, 1.54) is 12.0 Å². The normalized spacial score (nSPS) is 20.0. The van der Waals surface area contributed by atoms with E-state index in [4.69, 9.17) is 21.7 Å². The van der Waals surface area contributed by atoms with Gasteiger partial charge in [0.2, 0.25) is 5.91 Å². The van der Waals surface area contributed by atoms with Crippen LogP contribution < -0.4 is 14.4 Å². The summed E-state index contributed by atoms with van der Waals surface area (Å²) in [5.74, 6) is -0.110. The average Bonchev–Trinajstić information content (AvgIpc) is 3.22. The summed E-state index contributed by atoms with van der Waals surface area (Å²) in [4.78, 5) is 41.6. The average molecular weight is 469 g/mol. The number of nitrogens with zero attached hydrogens (tertiary/aromatic N) is 2. The van der Waals surface area contributed by atoms with Crippen molar-refractivity contribution in [1.29, 1.82) is 0 Å². The maximum Gasteiger partial charge on any atom is 0.266 e. The van der Waals surface area contributed by atoms with Gasteiger partial charge in [-0.1, -0.05) is 47.7 Å². The fraction of sp³-hybridized carbons (Fsp3) is 0.217. The lowest BCUT2D eigenvalue weighted by Crippen LogP contribution is -2.44. The summed E-state index contributed by atoms with van der Waals surface area (Å²) in [7, 11) is 3.08. The van der Waals surface area contributed by atoms with Gasteiger partial charge in [-0.3, -0.25) is 19.3 Å². The van der Waals surface area contributed by atoms with E-state index >= 15 is 0 Å². The Morgan fingerprint density at radius 3 is 2.38 bits per heavy atom. The van der Waals surface area contributed by atoms with E-state index in [0.717, 1.165) is 27.8 Å². The molecule has 32 heavy (non-hydrogen) atoms. The summed E-state index contributed by atoms with van der Waals surface area (Å²) in [5, 5.41) is 0. The van der Waals surface area contributed by atoms with Gasteiger partial charge in [0.25, 0.3) is 11.8 Å². The van der Waals surface area contributed by atoms with E-state index < -0.39 is 17.9 Å². The third kappa shape index (κ3) is 3.89. The molecule has 2 aliphatic rings. The monoisotopic (exact) mass is 468 g/mol. The minimum atomic E-state index is -0.951. The van der Waals surface area contributed by atoms with Gasteiger partial charge in [0.15, 0.2) is 11.5 Å². The zero-order chi connectivity index (χ0) is 23.0. The number of imide groups is 1. The van der Waals surface area contributed by atoms with Crippen LogP contribution in [0.5, 0.6) is 11.5 Å². The number of carbonyl (C=O) groups excluding carboxylic acids is 3. The van der Waals surface area contributed by atoms with Gasteiger partial charge in [-0.2, -0.15) is 0 Å². The molecule has 2 heterocycles. The number of thioether (sulfide) groups is 1. The van der Waals surface area contributed by atoms with E-state index in [2.05, 4.69) is 0 Å². The highest BCUT2D eigenvalue weighted by atomic mass is 32.2. The molecule has 1 atom stereocenters. The van der Waals surface area contributed by atoms with Crippen molar-refractivity contribution in [1.82, 2.24) is 4.90 Å². The lowest BCUT2D eigenvalue weighted by molar-refractivity contribution is -0.129. The van der Waals surface area contributed by atoms with Crippen molar-refractivity contribution in [3.05, 3.63) is 58.5 Å². The Morgan fingerprint density at radius 1 is 1.03 bits per heavy atom. The Balaban J connectivity index is 1.59. The summed E-state index contributed by atoms with van der Waals surface area (Å²) < 4.78 is 10.8. The standard InChI is InChI=1S/C23H20N2O5S2/c1-13-4-7-15(8-5-13)24-20(26)12-16(21(24)27)25-22(28)19(32-23(25)31)11-14-6-9-17(29-2)18(10-14)30-3/h4-11,16H,12H2,1-3H3/b19-11-. The van der Waals surface area contributed by atoms with E-state index in [9.17, 15) is 14.4 Å². The molecule has 0 bridgehead atoms. The first kappa shape index (κ1) is 22.0. The molecule has 0 aliphatic carbocycles. The minimum Gasteiger partial charge on any atom is -0.493 e. The van der Waals surface area contributed by atoms with Gasteiger partial charge >= 0.3 is 0 Å². The highest BCUT2D eigenvalue weighted by Crippen LogP contribution is 2.38. The molecular formula is C23H20N2O5S2. The smallest absolute Gasteiger partial charge is 0.266 e. The second kappa shape index (κ2) is 8.76. The van der Waals surface area contributed by atoms with Crippen LogP contribution in [-0.4, -0.2) is 47.2 Å². The molecule has 2 aromatic carbocycles. The molecule has 7 nitrogen and oxygen atoms in total. The van der Waals surface area contributed by atoms with Gasteiger partial charge in [-0.15, -0.1) is 0 Å². The first-order chi connectivity index (χ1) is 15.3. The van der Waals surface area contributed by atoms with Crippen molar-refractivity contribution >= 4 is 57.8 Å². The number of anilines is 1. The van der Waals surface area contributed by atoms with Crippen molar-refractivity contribution in [3.8, 4) is 11.5 Å². The lowest BCUT2D eigenvalue weighted by Gasteiger charge is -2.21. The molecule has 4 rings (SSSR count). The van der Waals surface area contributed by atoms with E-state index in [0.29, 0.717) is 22.1 Å². The Morgan fingerprint density at radius 2 is 1.72 bits per heavy atom. The molecule has 9 heteroatoms. The van der Waals surface area contributed by atoms with Gasteiger partial charge in [0.1, 0.15) is 10.4 Å². The Kier molecular flexibility index (Phi) is 6.03. The Hall–Kier alpha value is -3.17. The number of rotatable bonds is 5. The number of benzene rings is 2. The maximum absolute atomic E-state index is 13.1. The first-order valence-corrected chi connectivity index (χ1v) is 11.0. The second-order valence-electron chi connectivity index (χ2n) is 7.29. The Labute approximate surface area is 195 Å². The number of carbonyl (C=O) groups is 3. The molecular weight excluding hydrogens is 448 g/mol. The van der Waals surface area contributed by atoms with Crippen molar-refractivity contribution in [2.75, 3.05) is 19.1 Å². The van der Waals surface area contributed by atoms with Crippen LogP contribution in [0.1, 0.15) is 17.5 Å². The van der Waals surface area contributed by atoms with Crippen LogP contribution in [0.3, 0.4) is 0 Å². The van der Waals surface area contributed by atoms with Crippen LogP contribution in [0.4, 0.5) is 5.69 Å². The lowest BCUT2D eigenvalue weighted by atomic mass is 10.1. The largest absolute Gasteiger partial charge is 0.493 e. The van der Waals surface area contributed by atoms with Crippen LogP contribution in [0.15, 0.2) is 47.4 Å². The van der Waals surface area contributed by atoms with Crippen LogP contribution in [0.2, 0.25) is 0 Å². The molecule has 164 valence electrons. The van der Waals surface area contributed by atoms with Crippen LogP contribution in [0.25, 0.3) is 6.08 Å². The topological polar surface area (TPSA) is 76.2 Å². The van der Waals surface area contributed by atoms with E-state index in [-0.39, 0.29) is 16.6 Å². The highest BCUT2D eigenvalue weighted by molar-refractivity contribution is 8.26. The quantitative estimate of drug-likeness (QED) is 0.377. The maximum atomic E-state index is 13.1. The van der Waals surface area contributed by atoms with Gasteiger partial charge in [0.05, 0.1) is 31.2 Å². The molecule has 2 aliphatic heterocycles. The van der Waals surface area contributed by atoms with Gasteiger partial charge in [-0.25, -0.2) is 4.90 Å². The molecule has 0 saturated carbocycles. The second-order valence-corrected chi connectivity index (χ2v) is 8.96. The summed E-state index contributed by atoms with van der Waals surface area (Å²) in [6.07, 6.45) is 1.57. The predicted octanol–water partition coefficient (Wildman–Crippen LogP) is 3.55. The summed E-state index contributed by atoms with van der Waals surface area (Å²) >= 11 is 6.50. The number of ether oxygens (including phenoxy) is 2. The van der Waals surface area contributed by atoms with Gasteiger partial charge in [0, 0.05) is 0 Å². The molecule has 3 amide bonds. The molecule has 0 aromatic heterocycles. The van der Waals surface area contributed by atoms with Crippen LogP contribution in [0, 0.1) is 6.92 Å². The number of aryl methyl sites for hydroxylation is 1. The van der Waals surface area contributed by atoms with Crippen molar-refractivity contribution in [2.24, 2.45) is 0 Å². The SMILES string of the molecule is COc1ccc(/C=C2\SC(=S)N(C3CC(=O)N(c4ccc(C)cc4)C3=O)C2=O)cc1OC. The fourth-order valence-corrected chi connectivity index (χ4v) is 4.98. The minimum absolute atomic E-state index is 0.108. The zero-order valence-corrected chi connectivity index (χ0v) is 19.3. The molecule has 0 radical (unpaired) electrons. The van der Waals surface area contributed by atoms with E-state index in [1.54, 1.807) is 43.5 Å². The molecule has 0 N–H and O–H groups in total. The number of thiocarbonyl (C=S) groups is 1. The summed E-state index contributed by atoms with van der Waals surface area (Å²) in [6, 6.07) is 11.4. The number of hydrogen-bond acceptors (Lipinski definition) is 7. The molecule has 2 aromatic rings. The number of amides is 3. The van der Waals surface area contributed by atoms with Gasteiger partial charge < -0.3 is 9.47 Å². The van der Waals surface area contributed by atoms with Crippen molar-refractivity contribution in [3.63, 3.8) is 0 Å². The molecule has 0 spiro atoms. The van der Waals surface area contributed by atoms with E-state index in [1.807, 2.05) is 19.1 Å². The van der Waals surface area contributed by atoms with Gasteiger partial charge in [-0.05, 0) is 42.8 Å². The summed E-state index contributed by atoms with van der Waals surface area (Å²) in [6.45, 7) is 1.92. The molecule has 2 fully saturated rings. The zero-order valence-electron chi connectivity index (χ0n) is 17.7. The first-order valence-electron chi connectivity index (χ1n) is 9.76. The van der Waals surface area contributed by atoms with Crippen molar-refractivity contribution in [2.45, 2.75) is 19.4 Å². The third-order valence-electron chi connectivity index (χ3n) is 5.26. The van der Waals surface area contributed by atoms with Crippen molar-refractivity contribution < 1.29 is 23.9 Å². The third-order valence-corrected chi connectivity index (χ3v) is 6.59. The predicted molar refractivity (Wildman–Crippen MR) is 127 cm³/mol. The number of methoxy groups -OCH3 is 2. The fourth-order valence-electron chi connectivity index (χ4n) is 3.63. The number of hydrogen-bond donors (Lipinski definition) is 0. The summed E-state index contributed by atoms with van der Waals surface area (Å²) in [5.41, 5.74) is 2.22. The highest BCUT2D eigenvalue weighted by Gasteiger charge is 2.48. The molecule has 2 saturated heterocycles. The van der Waals surface area contributed by atoms with Crippen LogP contribution in [-0.2, 0) is 14.4 Å². The molecule has 1 unspecified atom stereocenters. The Bertz CT molecular complexity index is 1160. The van der Waals surface area contributed by atoms with Crippen LogP contribution >= 0.6 is 24.0 Å².